The van der Waals surface area contributed by atoms with Gasteiger partial charge in [0.05, 0.1) is 18.0 Å². The summed E-state index contributed by atoms with van der Waals surface area (Å²) in [5.74, 6) is 0.615. The average Bonchev–Trinajstić information content (AvgIpc) is 2.28. The normalized spacial score (nSPS) is 12.8. The average molecular weight is 237 g/mol. The van der Waals surface area contributed by atoms with E-state index < -0.39 is 0 Å². The molecular formula is C13H23N3O. The van der Waals surface area contributed by atoms with E-state index in [2.05, 4.69) is 22.2 Å². The third-order valence-corrected chi connectivity index (χ3v) is 2.52. The van der Waals surface area contributed by atoms with Gasteiger partial charge in [0.2, 0.25) is 5.88 Å². The Balaban J connectivity index is 2.63. The zero-order valence-electron chi connectivity index (χ0n) is 11.2. The van der Waals surface area contributed by atoms with Gasteiger partial charge in [-0.05, 0) is 27.3 Å². The van der Waals surface area contributed by atoms with Crippen LogP contribution in [0.2, 0.25) is 0 Å². The van der Waals surface area contributed by atoms with Crippen molar-refractivity contribution in [3.63, 3.8) is 0 Å². The molecule has 0 fully saturated rings. The number of hydrogen-bond acceptors (Lipinski definition) is 4. The Morgan fingerprint density at radius 3 is 2.71 bits per heavy atom. The van der Waals surface area contributed by atoms with E-state index in [0.717, 1.165) is 18.5 Å². The van der Waals surface area contributed by atoms with Gasteiger partial charge in [-0.3, -0.25) is 4.98 Å². The zero-order chi connectivity index (χ0) is 12.7. The van der Waals surface area contributed by atoms with Gasteiger partial charge >= 0.3 is 0 Å². The summed E-state index contributed by atoms with van der Waals surface area (Å²) in [6.45, 7) is 6.16. The van der Waals surface area contributed by atoms with Gasteiger partial charge in [0.15, 0.2) is 0 Å². The summed E-state index contributed by atoms with van der Waals surface area (Å²) >= 11 is 0. The van der Waals surface area contributed by atoms with Crippen molar-refractivity contribution >= 4 is 0 Å². The highest BCUT2D eigenvalue weighted by molar-refractivity contribution is 5.09. The van der Waals surface area contributed by atoms with Gasteiger partial charge in [-0.2, -0.15) is 0 Å². The number of likely N-dealkylation sites (N-methyl/N-ethyl adjacent to an activating group) is 1. The molecule has 0 spiro atoms. The van der Waals surface area contributed by atoms with Crippen LogP contribution in [0.4, 0.5) is 0 Å². The summed E-state index contributed by atoms with van der Waals surface area (Å²) in [5, 5.41) is 3.30. The molecule has 96 valence electrons. The molecule has 0 bridgehead atoms. The molecule has 0 aliphatic heterocycles. The Labute approximate surface area is 104 Å². The number of hydrogen-bond donors (Lipinski definition) is 1. The molecule has 4 heteroatoms. The zero-order valence-corrected chi connectivity index (χ0v) is 11.2. The third kappa shape index (κ3) is 5.13. The smallest absolute Gasteiger partial charge is 0.232 e. The summed E-state index contributed by atoms with van der Waals surface area (Å²) < 4.78 is 5.54. The Kier molecular flexibility index (Phi) is 5.91. The van der Waals surface area contributed by atoms with Gasteiger partial charge in [-0.25, -0.2) is 4.98 Å². The summed E-state index contributed by atoms with van der Waals surface area (Å²) in [5.41, 5.74) is 0.982. The lowest BCUT2D eigenvalue weighted by molar-refractivity contribution is 0.230. The van der Waals surface area contributed by atoms with E-state index in [0.29, 0.717) is 11.9 Å². The summed E-state index contributed by atoms with van der Waals surface area (Å²) in [4.78, 5) is 8.63. The van der Waals surface area contributed by atoms with Crippen LogP contribution in [0.25, 0.3) is 0 Å². The highest BCUT2D eigenvalue weighted by Gasteiger charge is 2.08. The molecule has 0 radical (unpaired) electrons. The summed E-state index contributed by atoms with van der Waals surface area (Å²) in [6.07, 6.45) is 6.82. The van der Waals surface area contributed by atoms with Gasteiger partial charge in [-0.1, -0.05) is 13.3 Å². The van der Waals surface area contributed by atoms with Crippen molar-refractivity contribution in [2.24, 2.45) is 0 Å². The maximum absolute atomic E-state index is 5.54. The predicted octanol–water partition coefficient (Wildman–Crippen LogP) is 2.19. The van der Waals surface area contributed by atoms with Crippen LogP contribution in [0.3, 0.4) is 0 Å². The molecule has 1 atom stereocenters. The van der Waals surface area contributed by atoms with Gasteiger partial charge < -0.3 is 10.1 Å². The Bertz CT molecular complexity index is 328. The molecule has 17 heavy (non-hydrogen) atoms. The van der Waals surface area contributed by atoms with E-state index in [1.165, 1.54) is 6.42 Å². The van der Waals surface area contributed by atoms with Crippen molar-refractivity contribution in [3.05, 3.63) is 18.1 Å². The van der Waals surface area contributed by atoms with Gasteiger partial charge in [0.25, 0.3) is 0 Å². The van der Waals surface area contributed by atoms with Crippen molar-refractivity contribution in [1.82, 2.24) is 15.3 Å². The fraction of sp³-hybridized carbons (Fsp3) is 0.692. The van der Waals surface area contributed by atoms with Crippen LogP contribution >= 0.6 is 0 Å². The lowest BCUT2D eigenvalue weighted by atomic mass is 10.1. The third-order valence-electron chi connectivity index (χ3n) is 2.52. The molecule has 0 saturated heterocycles. The van der Waals surface area contributed by atoms with Crippen molar-refractivity contribution in [1.29, 1.82) is 0 Å². The van der Waals surface area contributed by atoms with Crippen LogP contribution in [-0.2, 0) is 6.42 Å². The molecule has 0 saturated carbocycles. The number of nitrogens with one attached hydrogen (secondary N) is 1. The SMILES string of the molecule is CCCC(Cc1cncc(OC(C)C)n1)NC. The fourth-order valence-electron chi connectivity index (χ4n) is 1.73. The fourth-order valence-corrected chi connectivity index (χ4v) is 1.73. The molecule has 1 N–H and O–H groups in total. The number of nitrogens with zero attached hydrogens (tertiary/aromatic N) is 2. The second-order valence-corrected chi connectivity index (χ2v) is 4.49. The number of ether oxygens (including phenoxy) is 1. The van der Waals surface area contributed by atoms with Crippen LogP contribution in [0.15, 0.2) is 12.4 Å². The van der Waals surface area contributed by atoms with Gasteiger partial charge in [0, 0.05) is 18.7 Å². The summed E-state index contributed by atoms with van der Waals surface area (Å²) in [6, 6.07) is 0.462. The van der Waals surface area contributed by atoms with E-state index >= 15 is 0 Å². The molecule has 1 aromatic rings. The van der Waals surface area contributed by atoms with Crippen LogP contribution in [0.5, 0.6) is 5.88 Å². The first kappa shape index (κ1) is 13.9. The van der Waals surface area contributed by atoms with Crippen LogP contribution in [0, 0.1) is 0 Å². The van der Waals surface area contributed by atoms with E-state index in [1.807, 2.05) is 27.1 Å². The van der Waals surface area contributed by atoms with E-state index in [4.69, 9.17) is 4.74 Å². The largest absolute Gasteiger partial charge is 0.474 e. The monoisotopic (exact) mass is 237 g/mol. The maximum Gasteiger partial charge on any atom is 0.232 e. The molecular weight excluding hydrogens is 214 g/mol. The Morgan fingerprint density at radius 1 is 1.35 bits per heavy atom. The van der Waals surface area contributed by atoms with Gasteiger partial charge in [-0.15, -0.1) is 0 Å². The van der Waals surface area contributed by atoms with Crippen LogP contribution < -0.4 is 10.1 Å². The van der Waals surface area contributed by atoms with E-state index in [9.17, 15) is 0 Å². The minimum absolute atomic E-state index is 0.135. The molecule has 0 amide bonds. The molecule has 0 aliphatic rings. The Morgan fingerprint density at radius 2 is 2.12 bits per heavy atom. The lowest BCUT2D eigenvalue weighted by Gasteiger charge is -2.15. The minimum atomic E-state index is 0.135. The van der Waals surface area contributed by atoms with Crippen LogP contribution in [0.1, 0.15) is 39.3 Å². The minimum Gasteiger partial charge on any atom is -0.474 e. The molecule has 0 aromatic carbocycles. The second kappa shape index (κ2) is 7.22. The first-order chi connectivity index (χ1) is 8.15. The molecule has 1 aromatic heterocycles. The maximum atomic E-state index is 5.54. The Hall–Kier alpha value is -1.16. The highest BCUT2D eigenvalue weighted by atomic mass is 16.5. The highest BCUT2D eigenvalue weighted by Crippen LogP contribution is 2.10. The number of aromatic nitrogens is 2. The molecule has 1 unspecified atom stereocenters. The van der Waals surface area contributed by atoms with Crippen molar-refractivity contribution < 1.29 is 4.74 Å². The molecule has 4 nitrogen and oxygen atoms in total. The topological polar surface area (TPSA) is 47.0 Å². The lowest BCUT2D eigenvalue weighted by Crippen LogP contribution is -2.27. The first-order valence-electron chi connectivity index (χ1n) is 6.30. The number of rotatable bonds is 7. The van der Waals surface area contributed by atoms with Crippen molar-refractivity contribution in [2.45, 2.75) is 52.2 Å². The van der Waals surface area contributed by atoms with Crippen LogP contribution in [-0.4, -0.2) is 29.2 Å². The molecule has 1 rings (SSSR count). The van der Waals surface area contributed by atoms with Crippen molar-refractivity contribution in [3.8, 4) is 5.88 Å². The quantitative estimate of drug-likeness (QED) is 0.789. The predicted molar refractivity (Wildman–Crippen MR) is 69.3 cm³/mol. The van der Waals surface area contributed by atoms with Gasteiger partial charge in [0.1, 0.15) is 0 Å². The molecule has 0 aliphatic carbocycles. The molecule has 1 heterocycles. The first-order valence-corrected chi connectivity index (χ1v) is 6.30. The standard InChI is InChI=1S/C13H23N3O/c1-5-6-11(14-4)7-12-8-15-9-13(16-12)17-10(2)3/h8-11,14H,5-7H2,1-4H3. The van der Waals surface area contributed by atoms with E-state index in [1.54, 1.807) is 6.20 Å². The second-order valence-electron chi connectivity index (χ2n) is 4.49. The summed E-state index contributed by atoms with van der Waals surface area (Å²) in [7, 11) is 1.99. The van der Waals surface area contributed by atoms with Crippen molar-refractivity contribution in [2.75, 3.05) is 7.05 Å². The van der Waals surface area contributed by atoms with E-state index in [-0.39, 0.29) is 6.10 Å².